The first kappa shape index (κ1) is 20.0. The monoisotopic (exact) mass is 402 g/mol. The molecule has 2 nitrogen and oxygen atoms in total. The molecule has 1 aromatic heterocycles. The molecule has 0 saturated carbocycles. The van der Waals surface area contributed by atoms with Crippen molar-refractivity contribution < 1.29 is 0 Å². The Morgan fingerprint density at radius 3 is 2.59 bits per heavy atom. The van der Waals surface area contributed by atoms with Gasteiger partial charge in [-0.25, -0.2) is 4.98 Å². The van der Waals surface area contributed by atoms with Gasteiger partial charge >= 0.3 is 0 Å². The lowest BCUT2D eigenvalue weighted by atomic mass is 10.0. The van der Waals surface area contributed by atoms with Crippen molar-refractivity contribution >= 4 is 33.6 Å². The van der Waals surface area contributed by atoms with Crippen LogP contribution < -0.4 is 0 Å². The lowest BCUT2D eigenvalue weighted by Crippen LogP contribution is -2.01. The number of rotatable bonds is 9. The number of unbranched alkanes of at least 4 members (excludes halogenated alkanes) is 3. The van der Waals surface area contributed by atoms with Crippen LogP contribution in [-0.4, -0.2) is 15.3 Å². The van der Waals surface area contributed by atoms with Crippen LogP contribution in [-0.2, 0) is 6.54 Å². The minimum absolute atomic E-state index is 1.02. The molecule has 0 N–H and O–H groups in total. The lowest BCUT2D eigenvalue weighted by molar-refractivity contribution is 0.594. The van der Waals surface area contributed by atoms with Gasteiger partial charge in [0.1, 0.15) is 5.82 Å². The number of imidazole rings is 1. The molecule has 4 rings (SSSR count). The second-order valence-electron chi connectivity index (χ2n) is 7.67. The van der Waals surface area contributed by atoms with Crippen molar-refractivity contribution in [1.29, 1.82) is 0 Å². The maximum absolute atomic E-state index is 5.11. The van der Waals surface area contributed by atoms with Gasteiger partial charge in [-0.05, 0) is 47.6 Å². The largest absolute Gasteiger partial charge is 0.324 e. The normalized spacial score (nSPS) is 11.5. The highest BCUT2D eigenvalue weighted by Crippen LogP contribution is 2.33. The second kappa shape index (κ2) is 9.49. The van der Waals surface area contributed by atoms with E-state index < -0.39 is 0 Å². The molecule has 1 heterocycles. The van der Waals surface area contributed by atoms with E-state index in [1.165, 1.54) is 58.9 Å². The fourth-order valence-corrected chi connectivity index (χ4v) is 4.76. The van der Waals surface area contributed by atoms with Gasteiger partial charge in [-0.2, -0.15) is 0 Å². The third-order valence-electron chi connectivity index (χ3n) is 5.46. The molecular formula is C26H30N2S. The molecule has 150 valence electrons. The molecular weight excluding hydrogens is 372 g/mol. The van der Waals surface area contributed by atoms with Crippen molar-refractivity contribution in [2.24, 2.45) is 0 Å². The number of aromatic nitrogens is 2. The van der Waals surface area contributed by atoms with E-state index in [0.29, 0.717) is 0 Å². The predicted molar refractivity (Wildman–Crippen MR) is 128 cm³/mol. The van der Waals surface area contributed by atoms with E-state index in [9.17, 15) is 0 Å². The minimum atomic E-state index is 1.02. The predicted octanol–water partition coefficient (Wildman–Crippen LogP) is 7.94. The quantitative estimate of drug-likeness (QED) is 0.209. The molecule has 29 heavy (non-hydrogen) atoms. The summed E-state index contributed by atoms with van der Waals surface area (Å²) in [6.07, 6.45) is 6.23. The van der Waals surface area contributed by atoms with E-state index in [2.05, 4.69) is 79.1 Å². The topological polar surface area (TPSA) is 17.8 Å². The summed E-state index contributed by atoms with van der Waals surface area (Å²) >= 11 is 1.94. The van der Waals surface area contributed by atoms with Crippen LogP contribution in [0.25, 0.3) is 33.2 Å². The third kappa shape index (κ3) is 4.35. The summed E-state index contributed by atoms with van der Waals surface area (Å²) < 4.78 is 2.46. The van der Waals surface area contributed by atoms with Crippen LogP contribution in [0.15, 0.2) is 65.6 Å². The van der Waals surface area contributed by atoms with Crippen molar-refractivity contribution in [2.45, 2.75) is 57.4 Å². The highest BCUT2D eigenvalue weighted by Gasteiger charge is 2.15. The van der Waals surface area contributed by atoms with E-state index in [1.807, 2.05) is 11.8 Å². The summed E-state index contributed by atoms with van der Waals surface area (Å²) in [6.45, 7) is 5.53. The Labute approximate surface area is 178 Å². The Morgan fingerprint density at radius 1 is 0.862 bits per heavy atom. The molecule has 0 aliphatic heterocycles. The highest BCUT2D eigenvalue weighted by atomic mass is 32.2. The summed E-state index contributed by atoms with van der Waals surface area (Å²) in [7, 11) is 0. The third-order valence-corrected chi connectivity index (χ3v) is 6.66. The first-order valence-electron chi connectivity index (χ1n) is 10.9. The highest BCUT2D eigenvalue weighted by molar-refractivity contribution is 7.99. The molecule has 0 aliphatic carbocycles. The van der Waals surface area contributed by atoms with E-state index in [-0.39, 0.29) is 0 Å². The van der Waals surface area contributed by atoms with Crippen LogP contribution in [0.1, 0.15) is 46.0 Å². The van der Waals surface area contributed by atoms with Crippen molar-refractivity contribution in [3.63, 3.8) is 0 Å². The zero-order valence-electron chi connectivity index (χ0n) is 17.5. The first-order valence-corrected chi connectivity index (χ1v) is 11.9. The van der Waals surface area contributed by atoms with Crippen LogP contribution in [0.3, 0.4) is 0 Å². The summed E-state index contributed by atoms with van der Waals surface area (Å²) in [5, 5.41) is 2.55. The maximum atomic E-state index is 5.11. The zero-order valence-corrected chi connectivity index (χ0v) is 18.3. The molecule has 0 aliphatic rings. The van der Waals surface area contributed by atoms with Crippen LogP contribution in [0.4, 0.5) is 0 Å². The Bertz CT molecular complexity index is 1090. The Kier molecular flexibility index (Phi) is 6.56. The van der Waals surface area contributed by atoms with Crippen molar-refractivity contribution in [3.05, 3.63) is 60.7 Å². The van der Waals surface area contributed by atoms with Gasteiger partial charge in [0.05, 0.1) is 11.0 Å². The smallest absolute Gasteiger partial charge is 0.141 e. The SMILES string of the molecule is CCCCCCn1c(-c2cccc3ccccc23)nc2ccc(SCCC)cc21. The molecule has 0 spiro atoms. The molecule has 0 atom stereocenters. The molecule has 4 aromatic rings. The van der Waals surface area contributed by atoms with E-state index in [4.69, 9.17) is 4.98 Å². The summed E-state index contributed by atoms with van der Waals surface area (Å²) in [6, 6.07) is 22.0. The lowest BCUT2D eigenvalue weighted by Gasteiger charge is -2.12. The molecule has 3 aromatic carbocycles. The van der Waals surface area contributed by atoms with Crippen LogP contribution in [0.2, 0.25) is 0 Å². The van der Waals surface area contributed by atoms with Crippen LogP contribution in [0, 0.1) is 0 Å². The van der Waals surface area contributed by atoms with Gasteiger partial charge in [-0.1, -0.05) is 75.6 Å². The first-order chi connectivity index (χ1) is 14.3. The number of nitrogens with zero attached hydrogens (tertiary/aromatic N) is 2. The van der Waals surface area contributed by atoms with Crippen molar-refractivity contribution in [2.75, 3.05) is 5.75 Å². The summed E-state index contributed by atoms with van der Waals surface area (Å²) in [4.78, 5) is 6.45. The van der Waals surface area contributed by atoms with Crippen LogP contribution in [0.5, 0.6) is 0 Å². The average molecular weight is 403 g/mol. The zero-order chi connectivity index (χ0) is 20.1. The standard InChI is InChI=1S/C26H30N2S/c1-3-5-6-9-17-28-25-19-21(29-18-4-2)15-16-24(25)27-26(28)23-14-10-12-20-11-7-8-13-22(20)23/h7-8,10-16,19H,3-6,9,17-18H2,1-2H3. The van der Waals surface area contributed by atoms with Gasteiger partial charge in [0.2, 0.25) is 0 Å². The molecule has 3 heteroatoms. The van der Waals surface area contributed by atoms with Gasteiger partial charge < -0.3 is 4.57 Å². The minimum Gasteiger partial charge on any atom is -0.324 e. The van der Waals surface area contributed by atoms with Gasteiger partial charge in [0.15, 0.2) is 0 Å². The fourth-order valence-electron chi connectivity index (χ4n) is 3.96. The summed E-state index contributed by atoms with van der Waals surface area (Å²) in [5.74, 6) is 2.26. The molecule has 0 amide bonds. The van der Waals surface area contributed by atoms with E-state index in [0.717, 1.165) is 23.6 Å². The summed E-state index contributed by atoms with van der Waals surface area (Å²) in [5.41, 5.74) is 3.60. The fraction of sp³-hybridized carbons (Fsp3) is 0.346. The number of thioether (sulfide) groups is 1. The molecule has 0 bridgehead atoms. The Hall–Kier alpha value is -2.26. The molecule has 0 unspecified atom stereocenters. The second-order valence-corrected chi connectivity index (χ2v) is 8.84. The Morgan fingerprint density at radius 2 is 1.72 bits per heavy atom. The van der Waals surface area contributed by atoms with Gasteiger partial charge in [0, 0.05) is 17.0 Å². The number of aryl methyl sites for hydroxylation is 1. The average Bonchev–Trinajstić information content (AvgIpc) is 3.12. The van der Waals surface area contributed by atoms with Gasteiger partial charge in [0.25, 0.3) is 0 Å². The van der Waals surface area contributed by atoms with Crippen LogP contribution >= 0.6 is 11.8 Å². The number of benzene rings is 3. The van der Waals surface area contributed by atoms with Gasteiger partial charge in [-0.15, -0.1) is 11.8 Å². The molecule has 0 saturated heterocycles. The number of hydrogen-bond acceptors (Lipinski definition) is 2. The van der Waals surface area contributed by atoms with E-state index >= 15 is 0 Å². The van der Waals surface area contributed by atoms with Crippen molar-refractivity contribution in [3.8, 4) is 11.4 Å². The Balaban J connectivity index is 1.82. The number of fused-ring (bicyclic) bond motifs is 2. The molecule has 0 radical (unpaired) electrons. The van der Waals surface area contributed by atoms with Crippen molar-refractivity contribution in [1.82, 2.24) is 9.55 Å². The van der Waals surface area contributed by atoms with Gasteiger partial charge in [-0.3, -0.25) is 0 Å². The number of hydrogen-bond donors (Lipinski definition) is 0. The molecule has 0 fully saturated rings. The van der Waals surface area contributed by atoms with E-state index in [1.54, 1.807) is 0 Å². The maximum Gasteiger partial charge on any atom is 0.141 e.